The van der Waals surface area contributed by atoms with Gasteiger partial charge in [-0.1, -0.05) is 0 Å². The van der Waals surface area contributed by atoms with Gasteiger partial charge >= 0.3 is 12.2 Å². The monoisotopic (exact) mass is 356 g/mol. The Morgan fingerprint density at radius 3 is 1.16 bits per heavy atom. The number of carbonyl (C=O) groups is 2. The number of hydrogen-bond donors (Lipinski definition) is 2. The Labute approximate surface area is 149 Å². The molecule has 4 N–H and O–H groups in total. The Morgan fingerprint density at radius 1 is 0.600 bits per heavy atom. The van der Waals surface area contributed by atoms with Crippen molar-refractivity contribution in [3.63, 3.8) is 0 Å². The fourth-order valence-corrected chi connectivity index (χ4v) is 3.93. The molecular weight excluding hydrogens is 324 g/mol. The third kappa shape index (κ3) is 7.94. The molecule has 0 aromatic heterocycles. The zero-order valence-corrected chi connectivity index (χ0v) is 15.0. The molecule has 2 fully saturated rings. The summed E-state index contributed by atoms with van der Waals surface area (Å²) in [6.45, 7) is 2.56. The van der Waals surface area contributed by atoms with Gasteiger partial charge in [-0.05, 0) is 75.0 Å². The number of nitrogens with two attached hydrogens (primary N) is 2. The standard InChI is InChI=1S/C18H32N2O5/c19-17(21)24-11-15-5-1-13(2-6-15)9-23-10-14-3-7-16(8-4-14)12-25-18(20)22/h13-16H,1-12H2,(H2,19,21)(H2,20,22). The van der Waals surface area contributed by atoms with E-state index in [1.54, 1.807) is 0 Å². The van der Waals surface area contributed by atoms with Crippen LogP contribution in [0.5, 0.6) is 0 Å². The second-order valence-electron chi connectivity index (χ2n) is 7.57. The van der Waals surface area contributed by atoms with Crippen LogP contribution in [0.3, 0.4) is 0 Å². The lowest BCUT2D eigenvalue weighted by Gasteiger charge is -2.30. The van der Waals surface area contributed by atoms with E-state index in [9.17, 15) is 9.59 Å². The summed E-state index contributed by atoms with van der Waals surface area (Å²) in [5.74, 6) is 2.12. The second kappa shape index (κ2) is 10.5. The van der Waals surface area contributed by atoms with E-state index in [1.807, 2.05) is 0 Å². The van der Waals surface area contributed by atoms with Gasteiger partial charge in [0.1, 0.15) is 0 Å². The van der Waals surface area contributed by atoms with Gasteiger partial charge in [-0.15, -0.1) is 0 Å². The molecule has 2 aliphatic carbocycles. The number of primary amides is 2. The lowest BCUT2D eigenvalue weighted by atomic mass is 9.82. The van der Waals surface area contributed by atoms with Gasteiger partial charge in [0.25, 0.3) is 0 Å². The van der Waals surface area contributed by atoms with E-state index < -0.39 is 12.2 Å². The van der Waals surface area contributed by atoms with E-state index in [0.717, 1.165) is 64.6 Å². The Bertz CT molecular complexity index is 378. The SMILES string of the molecule is NC(=O)OCC1CCC(COCC2CCC(COC(N)=O)CC2)CC1. The number of amides is 2. The van der Waals surface area contributed by atoms with Crippen molar-refractivity contribution >= 4 is 12.2 Å². The minimum absolute atomic E-state index is 0.446. The summed E-state index contributed by atoms with van der Waals surface area (Å²) in [5, 5.41) is 0. The van der Waals surface area contributed by atoms with E-state index in [0.29, 0.717) is 36.9 Å². The van der Waals surface area contributed by atoms with E-state index in [2.05, 4.69) is 0 Å². The average molecular weight is 356 g/mol. The van der Waals surface area contributed by atoms with Crippen LogP contribution < -0.4 is 11.5 Å². The molecule has 144 valence electrons. The molecule has 0 heterocycles. The van der Waals surface area contributed by atoms with Crippen LogP contribution in [0.2, 0.25) is 0 Å². The Balaban J connectivity index is 1.50. The van der Waals surface area contributed by atoms with Crippen molar-refractivity contribution in [3.8, 4) is 0 Å². The van der Waals surface area contributed by atoms with Crippen LogP contribution in [0.1, 0.15) is 51.4 Å². The summed E-state index contributed by atoms with van der Waals surface area (Å²) >= 11 is 0. The minimum Gasteiger partial charge on any atom is -0.449 e. The molecule has 2 rings (SSSR count). The maximum Gasteiger partial charge on any atom is 0.404 e. The maximum atomic E-state index is 10.6. The van der Waals surface area contributed by atoms with Crippen LogP contribution in [0.25, 0.3) is 0 Å². The quantitative estimate of drug-likeness (QED) is 0.694. The molecular formula is C18H32N2O5. The molecule has 7 nitrogen and oxygen atoms in total. The molecule has 2 aliphatic rings. The molecule has 0 aromatic rings. The highest BCUT2D eigenvalue weighted by Crippen LogP contribution is 2.31. The number of carbonyl (C=O) groups excluding carboxylic acids is 2. The molecule has 2 saturated carbocycles. The highest BCUT2D eigenvalue weighted by atomic mass is 16.5. The molecule has 0 radical (unpaired) electrons. The summed E-state index contributed by atoms with van der Waals surface area (Å²) in [6, 6.07) is 0. The number of ether oxygens (including phenoxy) is 3. The van der Waals surface area contributed by atoms with Crippen LogP contribution in [0.4, 0.5) is 9.59 Å². The van der Waals surface area contributed by atoms with Gasteiger partial charge in [0, 0.05) is 13.2 Å². The van der Waals surface area contributed by atoms with E-state index in [4.69, 9.17) is 25.7 Å². The largest absolute Gasteiger partial charge is 0.449 e. The first-order valence-electron chi connectivity index (χ1n) is 9.45. The van der Waals surface area contributed by atoms with Gasteiger partial charge in [0.05, 0.1) is 13.2 Å². The summed E-state index contributed by atoms with van der Waals surface area (Å²) < 4.78 is 15.7. The third-order valence-electron chi connectivity index (χ3n) is 5.56. The molecule has 0 aliphatic heterocycles. The van der Waals surface area contributed by atoms with Gasteiger partial charge in [-0.25, -0.2) is 9.59 Å². The van der Waals surface area contributed by atoms with Crippen LogP contribution in [0.15, 0.2) is 0 Å². The molecule has 7 heteroatoms. The predicted molar refractivity (Wildman–Crippen MR) is 92.8 cm³/mol. The summed E-state index contributed by atoms with van der Waals surface area (Å²) in [7, 11) is 0. The van der Waals surface area contributed by atoms with Crippen molar-refractivity contribution in [2.24, 2.45) is 35.1 Å². The van der Waals surface area contributed by atoms with Crippen molar-refractivity contribution < 1.29 is 23.8 Å². The normalized spacial score (nSPS) is 29.8. The molecule has 0 atom stereocenters. The summed E-state index contributed by atoms with van der Waals surface area (Å²) in [5.41, 5.74) is 10.0. The van der Waals surface area contributed by atoms with Crippen LogP contribution in [-0.2, 0) is 14.2 Å². The zero-order chi connectivity index (χ0) is 18.1. The first-order valence-corrected chi connectivity index (χ1v) is 9.45. The number of hydrogen-bond acceptors (Lipinski definition) is 5. The molecule has 2 amide bonds. The van der Waals surface area contributed by atoms with Crippen molar-refractivity contribution in [1.82, 2.24) is 0 Å². The third-order valence-corrected chi connectivity index (χ3v) is 5.56. The molecule has 0 aromatic carbocycles. The van der Waals surface area contributed by atoms with E-state index in [1.165, 1.54) is 0 Å². The van der Waals surface area contributed by atoms with Gasteiger partial charge in [-0.3, -0.25) is 0 Å². The summed E-state index contributed by atoms with van der Waals surface area (Å²) in [6.07, 6.45) is 7.46. The first kappa shape index (κ1) is 19.8. The lowest BCUT2D eigenvalue weighted by Crippen LogP contribution is -2.26. The number of rotatable bonds is 8. The van der Waals surface area contributed by atoms with Crippen molar-refractivity contribution in [2.45, 2.75) is 51.4 Å². The van der Waals surface area contributed by atoms with Crippen molar-refractivity contribution in [3.05, 3.63) is 0 Å². The molecule has 25 heavy (non-hydrogen) atoms. The van der Waals surface area contributed by atoms with Gasteiger partial charge in [0.2, 0.25) is 0 Å². The predicted octanol–water partition coefficient (Wildman–Crippen LogP) is 2.81. The van der Waals surface area contributed by atoms with E-state index >= 15 is 0 Å². The molecule has 0 spiro atoms. The first-order chi connectivity index (χ1) is 12.0. The zero-order valence-electron chi connectivity index (χ0n) is 15.0. The van der Waals surface area contributed by atoms with Crippen LogP contribution in [0, 0.1) is 23.7 Å². The fourth-order valence-electron chi connectivity index (χ4n) is 3.93. The highest BCUT2D eigenvalue weighted by molar-refractivity contribution is 5.64. The Kier molecular flexibility index (Phi) is 8.31. The lowest BCUT2D eigenvalue weighted by molar-refractivity contribution is 0.0323. The molecule has 0 unspecified atom stereocenters. The molecule has 0 saturated heterocycles. The van der Waals surface area contributed by atoms with Gasteiger partial charge in [0.15, 0.2) is 0 Å². The highest BCUT2D eigenvalue weighted by Gasteiger charge is 2.24. The fraction of sp³-hybridized carbons (Fsp3) is 0.889. The van der Waals surface area contributed by atoms with Crippen molar-refractivity contribution in [1.29, 1.82) is 0 Å². The van der Waals surface area contributed by atoms with Gasteiger partial charge < -0.3 is 25.7 Å². The topological polar surface area (TPSA) is 114 Å². The Morgan fingerprint density at radius 2 is 0.880 bits per heavy atom. The maximum absolute atomic E-state index is 10.6. The average Bonchev–Trinajstić information content (AvgIpc) is 2.60. The van der Waals surface area contributed by atoms with E-state index in [-0.39, 0.29) is 0 Å². The Hall–Kier alpha value is -1.50. The van der Waals surface area contributed by atoms with Gasteiger partial charge in [-0.2, -0.15) is 0 Å². The summed E-state index contributed by atoms with van der Waals surface area (Å²) in [4.78, 5) is 21.3. The van der Waals surface area contributed by atoms with Crippen LogP contribution >= 0.6 is 0 Å². The second-order valence-corrected chi connectivity index (χ2v) is 7.57. The van der Waals surface area contributed by atoms with Crippen molar-refractivity contribution in [2.75, 3.05) is 26.4 Å². The minimum atomic E-state index is -0.679. The molecule has 0 bridgehead atoms. The smallest absolute Gasteiger partial charge is 0.404 e. The van der Waals surface area contributed by atoms with Crippen LogP contribution in [-0.4, -0.2) is 38.6 Å².